The third kappa shape index (κ3) is 6.46. The number of carbonyl (C=O) groups excluding carboxylic acids is 1. The lowest BCUT2D eigenvalue weighted by Gasteiger charge is -2.17. The quantitative estimate of drug-likeness (QED) is 0.496. The Labute approximate surface area is 123 Å². The van der Waals surface area contributed by atoms with Crippen LogP contribution in [-0.2, 0) is 0 Å². The second-order valence-corrected chi connectivity index (χ2v) is 5.58. The average Bonchev–Trinajstić information content (AvgIpc) is 2.43. The molecule has 0 bridgehead atoms. The van der Waals surface area contributed by atoms with E-state index in [0.29, 0.717) is 5.56 Å². The van der Waals surface area contributed by atoms with Gasteiger partial charge in [0.05, 0.1) is 0 Å². The maximum Gasteiger partial charge on any atom is 0.310 e. The Balaban J connectivity index is 2.24. The van der Waals surface area contributed by atoms with E-state index >= 15 is 0 Å². The van der Waals surface area contributed by atoms with Crippen molar-refractivity contribution in [1.82, 2.24) is 0 Å². The second-order valence-electron chi connectivity index (χ2n) is 4.51. The zero-order chi connectivity index (χ0) is 15.9. The summed E-state index contributed by atoms with van der Waals surface area (Å²) in [6.07, 6.45) is -7.44. The van der Waals surface area contributed by atoms with Gasteiger partial charge in [-0.3, -0.25) is 4.79 Å². The Morgan fingerprint density at radius 1 is 1.14 bits per heavy atom. The zero-order valence-electron chi connectivity index (χ0n) is 11.1. The molecule has 0 aromatic heterocycles. The van der Waals surface area contributed by atoms with Crippen LogP contribution in [0.25, 0.3) is 0 Å². The topological polar surface area (TPSA) is 17.1 Å². The number of thioether (sulfide) groups is 1. The van der Waals surface area contributed by atoms with Crippen LogP contribution < -0.4 is 0 Å². The first-order valence-electron chi connectivity index (χ1n) is 6.35. The van der Waals surface area contributed by atoms with Gasteiger partial charge in [0.15, 0.2) is 0 Å². The Morgan fingerprint density at radius 3 is 2.33 bits per heavy atom. The first kappa shape index (κ1) is 17.9. The Kier molecular flexibility index (Phi) is 7.14. The molecule has 0 saturated carbocycles. The lowest BCUT2D eigenvalue weighted by Crippen LogP contribution is -2.30. The number of hydrogen-bond donors (Lipinski definition) is 0. The van der Waals surface area contributed by atoms with Gasteiger partial charge in [0.25, 0.3) is 0 Å². The molecular weight excluding hydrogens is 311 g/mol. The maximum absolute atomic E-state index is 13.2. The summed E-state index contributed by atoms with van der Waals surface area (Å²) >= 11 is 0.955. The van der Waals surface area contributed by atoms with Gasteiger partial charge in [-0.2, -0.15) is 0 Å². The minimum atomic E-state index is -4.30. The van der Waals surface area contributed by atoms with Crippen molar-refractivity contribution in [2.75, 3.05) is 5.75 Å². The van der Waals surface area contributed by atoms with Gasteiger partial charge < -0.3 is 0 Å². The Morgan fingerprint density at radius 2 is 1.76 bits per heavy atom. The highest BCUT2D eigenvalue weighted by atomic mass is 32.2. The van der Waals surface area contributed by atoms with Gasteiger partial charge in [-0.15, -0.1) is 0 Å². The number of rotatable bonds is 8. The van der Waals surface area contributed by atoms with Crippen LogP contribution in [0.2, 0.25) is 0 Å². The maximum atomic E-state index is 13.2. The molecular formula is C14H15F5OS. The van der Waals surface area contributed by atoms with Crippen molar-refractivity contribution in [2.24, 2.45) is 0 Å². The van der Waals surface area contributed by atoms with E-state index in [-0.39, 0.29) is 23.7 Å². The first-order chi connectivity index (χ1) is 9.83. The normalized spacial score (nSPS) is 13.4. The fourth-order valence-electron chi connectivity index (χ4n) is 1.61. The van der Waals surface area contributed by atoms with Crippen LogP contribution in [0.3, 0.4) is 0 Å². The molecule has 0 aliphatic heterocycles. The molecule has 1 unspecified atom stereocenters. The lowest BCUT2D eigenvalue weighted by atomic mass is 10.1. The Hall–Kier alpha value is -1.11. The minimum absolute atomic E-state index is 0.170. The third-order valence-corrected chi connectivity index (χ3v) is 3.71. The van der Waals surface area contributed by atoms with E-state index in [9.17, 15) is 26.7 Å². The predicted octanol–water partition coefficient (Wildman–Crippen LogP) is 4.97. The molecule has 0 N–H and O–H groups in total. The molecule has 0 saturated heterocycles. The fourth-order valence-corrected chi connectivity index (χ4v) is 2.41. The molecule has 0 radical (unpaired) electrons. The van der Waals surface area contributed by atoms with Gasteiger partial charge in [0.2, 0.25) is 5.12 Å². The predicted molar refractivity (Wildman–Crippen MR) is 72.9 cm³/mol. The Bertz CT molecular complexity index is 438. The average molecular weight is 326 g/mol. The first-order valence-corrected chi connectivity index (χ1v) is 7.33. The van der Waals surface area contributed by atoms with Crippen molar-refractivity contribution in [1.29, 1.82) is 0 Å². The molecule has 0 heterocycles. The van der Waals surface area contributed by atoms with Crippen LogP contribution in [-0.4, -0.2) is 29.4 Å². The number of benzene rings is 1. The van der Waals surface area contributed by atoms with Crippen molar-refractivity contribution in [3.05, 3.63) is 35.9 Å². The van der Waals surface area contributed by atoms with Crippen LogP contribution in [0, 0.1) is 0 Å². The van der Waals surface area contributed by atoms with Crippen molar-refractivity contribution < 1.29 is 26.7 Å². The van der Waals surface area contributed by atoms with E-state index in [0.717, 1.165) is 11.8 Å². The summed E-state index contributed by atoms with van der Waals surface area (Å²) in [7, 11) is 0. The van der Waals surface area contributed by atoms with Crippen LogP contribution in [0.5, 0.6) is 0 Å². The second kappa shape index (κ2) is 8.36. The molecule has 0 fully saturated rings. The van der Waals surface area contributed by atoms with E-state index in [4.69, 9.17) is 0 Å². The van der Waals surface area contributed by atoms with Crippen LogP contribution in [0.4, 0.5) is 22.0 Å². The summed E-state index contributed by atoms with van der Waals surface area (Å²) in [5, 5.41) is -0.191. The fraction of sp³-hybridized carbons (Fsp3) is 0.500. The summed E-state index contributed by atoms with van der Waals surface area (Å²) in [4.78, 5) is 11.7. The molecule has 21 heavy (non-hydrogen) atoms. The summed E-state index contributed by atoms with van der Waals surface area (Å²) in [5.41, 5.74) is 0.503. The molecule has 0 spiro atoms. The van der Waals surface area contributed by atoms with Crippen molar-refractivity contribution in [2.45, 2.75) is 37.8 Å². The van der Waals surface area contributed by atoms with Crippen LogP contribution >= 0.6 is 11.8 Å². The third-order valence-electron chi connectivity index (χ3n) is 2.72. The van der Waals surface area contributed by atoms with Crippen molar-refractivity contribution in [3.8, 4) is 0 Å². The van der Waals surface area contributed by atoms with E-state index in [1.165, 1.54) is 0 Å². The van der Waals surface area contributed by atoms with Gasteiger partial charge in [-0.05, 0) is 12.8 Å². The standard InChI is InChI=1S/C14H15F5OS/c15-11(9-14(18,19)13(16)17)7-4-8-21-12(20)10-5-2-1-3-6-10/h1-3,5-6,11,13H,4,7-9H2. The highest BCUT2D eigenvalue weighted by molar-refractivity contribution is 8.14. The van der Waals surface area contributed by atoms with Crippen molar-refractivity contribution >= 4 is 16.9 Å². The number of carbonyl (C=O) groups is 1. The van der Waals surface area contributed by atoms with E-state index in [2.05, 4.69) is 0 Å². The molecule has 1 nitrogen and oxygen atoms in total. The molecule has 0 aliphatic rings. The minimum Gasteiger partial charge on any atom is -0.282 e. The highest BCUT2D eigenvalue weighted by Crippen LogP contribution is 2.30. The molecule has 0 amide bonds. The van der Waals surface area contributed by atoms with E-state index in [1.807, 2.05) is 0 Å². The van der Waals surface area contributed by atoms with Gasteiger partial charge in [0.1, 0.15) is 6.17 Å². The SMILES string of the molecule is O=C(SCCCC(F)CC(F)(F)C(F)F)c1ccccc1. The van der Waals surface area contributed by atoms with Gasteiger partial charge in [-0.25, -0.2) is 22.0 Å². The van der Waals surface area contributed by atoms with E-state index < -0.39 is 24.9 Å². The van der Waals surface area contributed by atoms with Crippen LogP contribution in [0.1, 0.15) is 29.6 Å². The monoisotopic (exact) mass is 326 g/mol. The van der Waals surface area contributed by atoms with Crippen molar-refractivity contribution in [3.63, 3.8) is 0 Å². The van der Waals surface area contributed by atoms with Crippen LogP contribution in [0.15, 0.2) is 30.3 Å². The highest BCUT2D eigenvalue weighted by Gasteiger charge is 2.42. The van der Waals surface area contributed by atoms with E-state index in [1.54, 1.807) is 30.3 Å². The van der Waals surface area contributed by atoms with Gasteiger partial charge in [0, 0.05) is 17.7 Å². The summed E-state index contributed by atoms with van der Waals surface area (Å²) in [5.74, 6) is -4.04. The molecule has 1 aromatic rings. The molecule has 1 aromatic carbocycles. The van der Waals surface area contributed by atoms with Gasteiger partial charge >= 0.3 is 12.3 Å². The molecule has 1 atom stereocenters. The molecule has 7 heteroatoms. The van der Waals surface area contributed by atoms with Gasteiger partial charge in [-0.1, -0.05) is 42.1 Å². The largest absolute Gasteiger partial charge is 0.310 e. The number of halogens is 5. The molecule has 1 rings (SSSR count). The summed E-state index contributed by atoms with van der Waals surface area (Å²) < 4.78 is 62.2. The molecule has 118 valence electrons. The summed E-state index contributed by atoms with van der Waals surface area (Å²) in [6.45, 7) is 0. The number of hydrogen-bond acceptors (Lipinski definition) is 2. The lowest BCUT2D eigenvalue weighted by molar-refractivity contribution is -0.142. The zero-order valence-corrected chi connectivity index (χ0v) is 11.9. The smallest absolute Gasteiger partial charge is 0.282 e. The number of alkyl halides is 5. The molecule has 0 aliphatic carbocycles. The summed E-state index contributed by atoms with van der Waals surface area (Å²) in [6, 6.07) is 8.45.